The van der Waals surface area contributed by atoms with Gasteiger partial charge < -0.3 is 20.4 Å². The lowest BCUT2D eigenvalue weighted by Crippen LogP contribution is -2.25. The average molecular weight is 616 g/mol. The molecule has 0 bridgehead atoms. The molecule has 1 fully saturated rings. The van der Waals surface area contributed by atoms with Crippen molar-refractivity contribution in [2.75, 3.05) is 30.3 Å². The maximum absolute atomic E-state index is 12.0. The van der Waals surface area contributed by atoms with Gasteiger partial charge in [-0.1, -0.05) is 49.1 Å². The number of anilines is 1. The molecule has 1 aromatic heterocycles. The quantitative estimate of drug-likeness (QED) is 0.144. The van der Waals surface area contributed by atoms with Crippen LogP contribution in [-0.4, -0.2) is 52.7 Å². The van der Waals surface area contributed by atoms with Crippen LogP contribution in [0, 0.1) is 17.9 Å². The molecule has 2 aromatic rings. The number of hydrogen-bond acceptors (Lipinski definition) is 6. The molecule has 2 atom stereocenters. The largest absolute Gasteiger partial charge is 0.462 e. The lowest BCUT2D eigenvalue weighted by atomic mass is 10.0. The zero-order valence-corrected chi connectivity index (χ0v) is 25.2. The molecule has 0 spiro atoms. The molecule has 0 radical (unpaired) electrons. The van der Waals surface area contributed by atoms with Crippen molar-refractivity contribution >= 4 is 23.5 Å². The van der Waals surface area contributed by atoms with E-state index in [0.29, 0.717) is 25.3 Å². The Labute approximate surface area is 256 Å². The van der Waals surface area contributed by atoms with E-state index in [9.17, 15) is 23.1 Å². The van der Waals surface area contributed by atoms with Crippen LogP contribution in [0.3, 0.4) is 0 Å². The van der Waals surface area contributed by atoms with Gasteiger partial charge in [0.05, 0.1) is 0 Å². The number of benzene rings is 1. The molecule has 1 aliphatic rings. The summed E-state index contributed by atoms with van der Waals surface area (Å²) in [5.41, 5.74) is -0.176. The fourth-order valence-electron chi connectivity index (χ4n) is 4.18. The summed E-state index contributed by atoms with van der Waals surface area (Å²) in [6.07, 6.45) is 7.98. The fraction of sp³-hybridized carbons (Fsp3) is 0.394. The maximum Gasteiger partial charge on any atom is 0.415 e. The van der Waals surface area contributed by atoms with Crippen LogP contribution in [-0.2, 0) is 4.79 Å². The SMILES string of the molecule is C=C(/C=C\C=C/CCC(=O)NCC)C(F)(F)F.OC#CC(O)c1cccc(SCC2CCCN(c3ccccn3)CC2)c1. The molecule has 1 aromatic carbocycles. The molecule has 6 nitrogen and oxygen atoms in total. The van der Waals surface area contributed by atoms with Gasteiger partial charge in [0.1, 0.15) is 18.0 Å². The Morgan fingerprint density at radius 3 is 2.74 bits per heavy atom. The predicted molar refractivity (Wildman–Crippen MR) is 167 cm³/mol. The highest BCUT2D eigenvalue weighted by Crippen LogP contribution is 2.29. The first-order valence-electron chi connectivity index (χ1n) is 14.2. The van der Waals surface area contributed by atoms with E-state index in [1.807, 2.05) is 55.2 Å². The third kappa shape index (κ3) is 14.4. The minimum atomic E-state index is -4.38. The molecule has 0 saturated carbocycles. The van der Waals surface area contributed by atoms with Gasteiger partial charge in [-0.2, -0.15) is 13.2 Å². The Balaban J connectivity index is 0.000000332. The van der Waals surface area contributed by atoms with Crippen LogP contribution < -0.4 is 10.2 Å². The van der Waals surface area contributed by atoms with Gasteiger partial charge in [-0.05, 0) is 74.3 Å². The van der Waals surface area contributed by atoms with E-state index in [1.54, 1.807) is 12.2 Å². The number of pyridine rings is 1. The van der Waals surface area contributed by atoms with Crippen molar-refractivity contribution in [3.63, 3.8) is 0 Å². The number of aromatic nitrogens is 1. The molecule has 43 heavy (non-hydrogen) atoms. The lowest BCUT2D eigenvalue weighted by molar-refractivity contribution is -0.120. The monoisotopic (exact) mass is 615 g/mol. The van der Waals surface area contributed by atoms with Crippen molar-refractivity contribution in [1.82, 2.24) is 10.3 Å². The van der Waals surface area contributed by atoms with E-state index < -0.39 is 17.9 Å². The van der Waals surface area contributed by atoms with Crippen LogP contribution in [0.1, 0.15) is 50.7 Å². The van der Waals surface area contributed by atoms with Crippen molar-refractivity contribution in [3.05, 3.63) is 90.7 Å². The number of halogens is 3. The first-order chi connectivity index (χ1) is 20.6. The van der Waals surface area contributed by atoms with Crippen molar-refractivity contribution < 1.29 is 28.2 Å². The van der Waals surface area contributed by atoms with Crippen LogP contribution >= 0.6 is 11.8 Å². The van der Waals surface area contributed by atoms with E-state index >= 15 is 0 Å². The van der Waals surface area contributed by atoms with Gasteiger partial charge in [0.15, 0.2) is 0 Å². The molecule has 3 N–H and O–H groups in total. The number of allylic oxidation sites excluding steroid dienone is 5. The number of carbonyl (C=O) groups is 1. The molecular weight excluding hydrogens is 575 g/mol. The maximum atomic E-state index is 12.0. The number of rotatable bonds is 11. The van der Waals surface area contributed by atoms with E-state index in [0.717, 1.165) is 41.2 Å². The molecule has 232 valence electrons. The molecular formula is C33H40F3N3O3S. The van der Waals surface area contributed by atoms with Crippen molar-refractivity contribution in [2.24, 2.45) is 5.92 Å². The second-order valence-corrected chi connectivity index (χ2v) is 10.9. The van der Waals surface area contributed by atoms with Crippen LogP contribution in [0.2, 0.25) is 0 Å². The molecule has 10 heteroatoms. The van der Waals surface area contributed by atoms with Gasteiger partial charge in [-0.15, -0.1) is 11.8 Å². The van der Waals surface area contributed by atoms with Gasteiger partial charge >= 0.3 is 6.18 Å². The van der Waals surface area contributed by atoms with Crippen molar-refractivity contribution in [1.29, 1.82) is 0 Å². The summed E-state index contributed by atoms with van der Waals surface area (Å²) in [5.74, 6) is 5.12. The number of nitrogens with zero attached hydrogens (tertiary/aromatic N) is 2. The van der Waals surface area contributed by atoms with Gasteiger partial charge in [0.2, 0.25) is 5.91 Å². The molecule has 2 heterocycles. The van der Waals surface area contributed by atoms with E-state index in [2.05, 4.69) is 39.8 Å². The summed E-state index contributed by atoms with van der Waals surface area (Å²) >= 11 is 1.83. The second-order valence-electron chi connectivity index (χ2n) is 9.82. The normalized spacial score (nSPS) is 16.0. The highest BCUT2D eigenvalue weighted by Gasteiger charge is 2.29. The van der Waals surface area contributed by atoms with E-state index in [-0.39, 0.29) is 5.91 Å². The molecule has 1 saturated heterocycles. The number of alkyl halides is 3. The Morgan fingerprint density at radius 2 is 2.05 bits per heavy atom. The van der Waals surface area contributed by atoms with E-state index in [4.69, 9.17) is 5.11 Å². The van der Waals surface area contributed by atoms with Crippen molar-refractivity contribution in [2.45, 2.75) is 56.2 Å². The topological polar surface area (TPSA) is 85.7 Å². The van der Waals surface area contributed by atoms with Gasteiger partial charge in [-0.25, -0.2) is 4.98 Å². The van der Waals surface area contributed by atoms with E-state index in [1.165, 1.54) is 31.4 Å². The van der Waals surface area contributed by atoms with Gasteiger partial charge in [0.25, 0.3) is 0 Å². The number of aliphatic hydroxyl groups is 2. The summed E-state index contributed by atoms with van der Waals surface area (Å²) in [5, 5.41) is 21.1. The summed E-state index contributed by atoms with van der Waals surface area (Å²) in [6.45, 7) is 7.40. The van der Waals surface area contributed by atoms with Crippen LogP contribution in [0.5, 0.6) is 0 Å². The third-order valence-corrected chi connectivity index (χ3v) is 7.73. The Hall–Kier alpha value is -3.68. The number of thioether (sulfide) groups is 1. The summed E-state index contributed by atoms with van der Waals surface area (Å²) in [7, 11) is 0. The second kappa shape index (κ2) is 19.5. The van der Waals surface area contributed by atoms with Crippen LogP contribution in [0.4, 0.5) is 19.0 Å². The minimum Gasteiger partial charge on any atom is -0.462 e. The minimum absolute atomic E-state index is 0.0687. The third-order valence-electron chi connectivity index (χ3n) is 6.50. The first-order valence-corrected chi connectivity index (χ1v) is 15.2. The standard InChI is InChI=1S/C21H24N2O2S.C12H16F3NO/c24-14-10-20(25)18-6-3-7-19(15-18)26-16-17-5-4-12-23(13-9-17)21-8-1-2-11-22-21;1-3-16-11(17)9-7-5-4-6-8-10(2)12(13,14)15/h1-3,6-8,11,15,17,20,24-25H,4-5,9,12-13,16H2;4-6,8H,2-3,7,9H2,1H3,(H,16,17)/b;5-4-,8-6-. The Kier molecular flexibility index (Phi) is 16.1. The number of carbonyl (C=O) groups excluding carboxylic acids is 1. The highest BCUT2D eigenvalue weighted by molar-refractivity contribution is 7.99. The number of nitrogens with one attached hydrogen (secondary N) is 1. The van der Waals surface area contributed by atoms with Gasteiger partial charge in [0, 0.05) is 48.5 Å². The fourth-order valence-corrected chi connectivity index (χ4v) is 5.33. The smallest absolute Gasteiger partial charge is 0.415 e. The van der Waals surface area contributed by atoms with Crippen molar-refractivity contribution in [3.8, 4) is 12.0 Å². The van der Waals surface area contributed by atoms with Gasteiger partial charge in [-0.3, -0.25) is 4.79 Å². The number of hydrogen-bond donors (Lipinski definition) is 3. The lowest BCUT2D eigenvalue weighted by Gasteiger charge is -2.21. The Morgan fingerprint density at radius 1 is 1.23 bits per heavy atom. The molecule has 3 rings (SSSR count). The zero-order chi connectivity index (χ0) is 31.5. The molecule has 1 aliphatic heterocycles. The number of aliphatic hydroxyl groups excluding tert-OH is 2. The predicted octanol–water partition coefficient (Wildman–Crippen LogP) is 6.98. The van der Waals surface area contributed by atoms with Crippen LogP contribution in [0.15, 0.2) is 90.0 Å². The summed E-state index contributed by atoms with van der Waals surface area (Å²) in [4.78, 5) is 19.0. The number of amides is 1. The average Bonchev–Trinajstić information content (AvgIpc) is 3.24. The molecule has 0 aliphatic carbocycles. The highest BCUT2D eigenvalue weighted by atomic mass is 32.2. The molecule has 2 unspecified atom stereocenters. The Bertz CT molecular complexity index is 1260. The molecule has 1 amide bonds. The first kappa shape index (κ1) is 35.5. The summed E-state index contributed by atoms with van der Waals surface area (Å²) < 4.78 is 36.0. The van der Waals surface area contributed by atoms with Crippen LogP contribution in [0.25, 0.3) is 0 Å². The zero-order valence-electron chi connectivity index (χ0n) is 24.4. The summed E-state index contributed by atoms with van der Waals surface area (Å²) in [6, 6.07) is 13.9.